The molecule has 0 fully saturated rings. The second-order valence-corrected chi connectivity index (χ2v) is 0.771. The Morgan fingerprint density at radius 1 is 1.83 bits per heavy atom. The second-order valence-electron chi connectivity index (χ2n) is 0.771. The average molecular weight is 86.0 g/mol. The number of hydrogen-bond acceptors (Lipinski definition) is 3. The van der Waals surface area contributed by atoms with Gasteiger partial charge in [0.1, 0.15) is 4.90 Å². The van der Waals surface area contributed by atoms with Crippen molar-refractivity contribution in [2.75, 3.05) is 0 Å². The Morgan fingerprint density at radius 2 is 2.67 bits per heavy atom. The van der Waals surface area contributed by atoms with Crippen molar-refractivity contribution in [2.24, 2.45) is 0 Å². The van der Waals surface area contributed by atoms with Crippen molar-refractivity contribution in [3.63, 3.8) is 0 Å². The first-order chi connectivity index (χ1) is 2.89. The molecule has 0 N–H and O–H groups in total. The van der Waals surface area contributed by atoms with E-state index >= 15 is 0 Å². The maximum Gasteiger partial charge on any atom is 0.352 e. The van der Waals surface area contributed by atoms with Crippen molar-refractivity contribution in [3.05, 3.63) is 5.21 Å². The van der Waals surface area contributed by atoms with Gasteiger partial charge in [0.2, 0.25) is 0 Å². The summed E-state index contributed by atoms with van der Waals surface area (Å²) in [7, 11) is 0. The van der Waals surface area contributed by atoms with Gasteiger partial charge in [-0.3, -0.25) is 5.21 Å². The lowest BCUT2D eigenvalue weighted by atomic mass is 10.8. The molecule has 0 aliphatic carbocycles. The van der Waals surface area contributed by atoms with Gasteiger partial charge in [0.25, 0.3) is 5.16 Å². The van der Waals surface area contributed by atoms with Crippen molar-refractivity contribution in [3.8, 4) is 0 Å². The molecular formula is C2H2N2O2+. The maximum atomic E-state index is 9.76. The molecule has 0 amide bonds. The van der Waals surface area contributed by atoms with E-state index in [1.807, 2.05) is 0 Å². The van der Waals surface area contributed by atoms with E-state index in [0.717, 1.165) is 0 Å². The Balaban J connectivity index is 2.61. The van der Waals surface area contributed by atoms with Crippen LogP contribution in [0.25, 0.3) is 0 Å². The third-order valence-corrected chi connectivity index (χ3v) is 0.377. The Labute approximate surface area is 33.9 Å². The van der Waals surface area contributed by atoms with Gasteiger partial charge in [0.05, 0.1) is 0 Å². The topological polar surface area (TPSA) is 49.4 Å². The first-order valence-electron chi connectivity index (χ1n) is 1.40. The molecular weight excluding hydrogens is 84.0 g/mol. The van der Waals surface area contributed by atoms with Crippen molar-refractivity contribution in [1.29, 1.82) is 0 Å². The van der Waals surface area contributed by atoms with Gasteiger partial charge in [-0.2, -0.15) is 0 Å². The molecule has 0 aromatic carbocycles. The summed E-state index contributed by atoms with van der Waals surface area (Å²) in [4.78, 5) is 4.21. The molecule has 1 aliphatic heterocycles. The minimum atomic E-state index is 0.264. The fourth-order valence-corrected chi connectivity index (χ4v) is 0.183. The summed E-state index contributed by atoms with van der Waals surface area (Å²) in [5.41, 5.74) is 0. The molecule has 0 unspecified atom stereocenters. The van der Waals surface area contributed by atoms with Crippen LogP contribution >= 0.6 is 0 Å². The predicted octanol–water partition coefficient (Wildman–Crippen LogP) is -1.17. The van der Waals surface area contributed by atoms with Crippen molar-refractivity contribution >= 4 is 12.4 Å². The van der Waals surface area contributed by atoms with Gasteiger partial charge in [0, 0.05) is 0 Å². The van der Waals surface area contributed by atoms with Crippen LogP contribution in [0.1, 0.15) is 0 Å². The molecule has 0 saturated carbocycles. The summed E-state index contributed by atoms with van der Waals surface area (Å²) in [6.07, 6.45) is 2.44. The molecule has 1 radical (unpaired) electrons. The third kappa shape index (κ3) is 0.314. The standard InChI is InChI=1S/C2H2N2O2/c5-4-2-1-3-6-4/h1-2H/q+1. The average Bonchev–Trinajstić information content (AvgIpc) is 1.86. The third-order valence-electron chi connectivity index (χ3n) is 0.377. The first-order valence-corrected chi connectivity index (χ1v) is 1.40. The van der Waals surface area contributed by atoms with E-state index < -0.39 is 0 Å². The molecule has 0 atom stereocenters. The van der Waals surface area contributed by atoms with E-state index in [4.69, 9.17) is 0 Å². The van der Waals surface area contributed by atoms with E-state index in [0.29, 0.717) is 0 Å². The fraction of sp³-hybridized carbons (Fsp3) is 0. The number of hydrogen-bond donors (Lipinski definition) is 0. The minimum Gasteiger partial charge on any atom is -0.256 e. The molecule has 0 aromatic heterocycles. The highest BCUT2D eigenvalue weighted by Crippen LogP contribution is 1.67. The summed E-state index contributed by atoms with van der Waals surface area (Å²) >= 11 is 0. The number of oxime groups is 1. The highest BCUT2D eigenvalue weighted by molar-refractivity contribution is 6.13. The van der Waals surface area contributed by atoms with Crippen molar-refractivity contribution in [2.45, 2.75) is 0 Å². The van der Waals surface area contributed by atoms with Gasteiger partial charge in [0.15, 0.2) is 0 Å². The molecule has 1 aliphatic rings. The predicted molar refractivity (Wildman–Crippen MR) is 19.0 cm³/mol. The van der Waals surface area contributed by atoms with Crippen LogP contribution in [-0.4, -0.2) is 17.3 Å². The fourth-order valence-electron chi connectivity index (χ4n) is 0.183. The molecule has 1 heterocycles. The maximum absolute atomic E-state index is 9.76. The van der Waals surface area contributed by atoms with E-state index in [1.165, 1.54) is 12.4 Å². The molecule has 0 spiro atoms. The van der Waals surface area contributed by atoms with Crippen LogP contribution in [-0.2, 0) is 4.94 Å². The van der Waals surface area contributed by atoms with Gasteiger partial charge >= 0.3 is 12.4 Å². The van der Waals surface area contributed by atoms with Crippen molar-refractivity contribution in [1.82, 2.24) is 5.16 Å². The minimum absolute atomic E-state index is 0.264. The largest absolute Gasteiger partial charge is 0.352 e. The quantitative estimate of drug-likeness (QED) is 0.349. The molecule has 6 heavy (non-hydrogen) atoms. The van der Waals surface area contributed by atoms with Crippen molar-refractivity contribution < 1.29 is 9.84 Å². The SMILES string of the molecule is [O-][N+]1=CC=[N+]O1. The van der Waals surface area contributed by atoms with Gasteiger partial charge < -0.3 is 0 Å². The summed E-state index contributed by atoms with van der Waals surface area (Å²) < 4.78 is 0. The van der Waals surface area contributed by atoms with Gasteiger partial charge in [-0.05, 0) is 0 Å². The molecule has 0 aromatic rings. The molecule has 0 saturated heterocycles. The van der Waals surface area contributed by atoms with Crippen LogP contribution in [0.15, 0.2) is 0 Å². The van der Waals surface area contributed by atoms with E-state index in [9.17, 15) is 5.21 Å². The summed E-state index contributed by atoms with van der Waals surface area (Å²) in [6, 6.07) is 0. The van der Waals surface area contributed by atoms with E-state index in [1.54, 1.807) is 0 Å². The van der Waals surface area contributed by atoms with E-state index in [2.05, 4.69) is 10.1 Å². The lowest BCUT2D eigenvalue weighted by Gasteiger charge is -1.71. The Bertz CT molecular complexity index is 106. The zero-order valence-electron chi connectivity index (χ0n) is 2.87. The first kappa shape index (κ1) is 3.14. The van der Waals surface area contributed by atoms with Crippen LogP contribution in [0, 0.1) is 5.21 Å². The zero-order chi connectivity index (χ0) is 4.41. The van der Waals surface area contributed by atoms with Crippen LogP contribution in [0.3, 0.4) is 0 Å². The second kappa shape index (κ2) is 0.965. The molecule has 0 bridgehead atoms. The van der Waals surface area contributed by atoms with Gasteiger partial charge in [-0.25, -0.2) is 0 Å². The molecule has 4 nitrogen and oxygen atoms in total. The Hall–Kier alpha value is -1.06. The lowest BCUT2D eigenvalue weighted by molar-refractivity contribution is -0.744. The highest BCUT2D eigenvalue weighted by atomic mass is 16.9. The van der Waals surface area contributed by atoms with E-state index in [-0.39, 0.29) is 4.90 Å². The molecule has 31 valence electrons. The normalized spacial score (nSPS) is 17.0. The molecule has 4 heteroatoms. The smallest absolute Gasteiger partial charge is 0.256 e. The van der Waals surface area contributed by atoms with Crippen LogP contribution in [0.4, 0.5) is 0 Å². The Morgan fingerprint density at radius 3 is 2.83 bits per heavy atom. The van der Waals surface area contributed by atoms with Gasteiger partial charge in [-0.1, -0.05) is 4.94 Å². The van der Waals surface area contributed by atoms with Crippen LogP contribution in [0.2, 0.25) is 0 Å². The van der Waals surface area contributed by atoms with Crippen LogP contribution in [0.5, 0.6) is 0 Å². The van der Waals surface area contributed by atoms with Gasteiger partial charge in [-0.15, -0.1) is 0 Å². The number of nitrogens with zero attached hydrogens (tertiary/aromatic N) is 2. The molecule has 1 rings (SSSR count). The van der Waals surface area contributed by atoms with Crippen LogP contribution < -0.4 is 5.16 Å². The summed E-state index contributed by atoms with van der Waals surface area (Å²) in [5, 5.41) is 12.9. The highest BCUT2D eigenvalue weighted by Gasteiger charge is 2.05. The summed E-state index contributed by atoms with van der Waals surface area (Å²) in [5.74, 6) is 0. The monoisotopic (exact) mass is 86.0 g/mol. The Kier molecular flexibility index (Phi) is 0.506. The zero-order valence-corrected chi connectivity index (χ0v) is 2.87. The lowest BCUT2D eigenvalue weighted by Crippen LogP contribution is -1.96. The number of rotatable bonds is 0. The summed E-state index contributed by atoms with van der Waals surface area (Å²) in [6.45, 7) is 0.